The molecule has 7 heteroatoms. The number of pyridine rings is 1. The summed E-state index contributed by atoms with van der Waals surface area (Å²) in [6.07, 6.45) is 4.75. The third-order valence-corrected chi connectivity index (χ3v) is 4.52. The summed E-state index contributed by atoms with van der Waals surface area (Å²) in [5.41, 5.74) is 2.48. The molecule has 1 N–H and O–H groups in total. The molecule has 1 aliphatic heterocycles. The fourth-order valence-electron chi connectivity index (χ4n) is 2.46. The van der Waals surface area contributed by atoms with Gasteiger partial charge < -0.3 is 4.42 Å². The van der Waals surface area contributed by atoms with E-state index in [1.807, 2.05) is 0 Å². The Balaban J connectivity index is 1.69. The molecule has 0 spiro atoms. The molecule has 4 rings (SSSR count). The van der Waals surface area contributed by atoms with E-state index in [2.05, 4.69) is 28.2 Å². The lowest BCUT2D eigenvalue weighted by Gasteiger charge is -1.93. The van der Waals surface area contributed by atoms with Crippen LogP contribution >= 0.6 is 11.8 Å². The molecule has 6 nitrogen and oxygen atoms in total. The maximum Gasteiger partial charge on any atom is 0.290 e. The maximum absolute atomic E-state index is 11.7. The van der Waals surface area contributed by atoms with Crippen molar-refractivity contribution in [1.29, 1.82) is 5.26 Å². The van der Waals surface area contributed by atoms with E-state index < -0.39 is 11.1 Å². The summed E-state index contributed by atoms with van der Waals surface area (Å²) in [6, 6.07) is 10.7. The Bertz CT molecular complexity index is 1220. The van der Waals surface area contributed by atoms with Gasteiger partial charge in [0.05, 0.1) is 22.1 Å². The summed E-state index contributed by atoms with van der Waals surface area (Å²) in [5.74, 6) is 6.02. The third-order valence-electron chi connectivity index (χ3n) is 3.71. The summed E-state index contributed by atoms with van der Waals surface area (Å²) in [4.78, 5) is 27.3. The zero-order valence-electron chi connectivity index (χ0n) is 13.6. The highest BCUT2D eigenvalue weighted by atomic mass is 32.2. The molecule has 27 heavy (non-hydrogen) atoms. The second-order valence-electron chi connectivity index (χ2n) is 5.55. The van der Waals surface area contributed by atoms with E-state index in [4.69, 9.17) is 9.68 Å². The number of aromatic nitrogens is 1. The lowest BCUT2D eigenvalue weighted by molar-refractivity contribution is -0.115. The number of nitrogens with zero attached hydrogens (tertiary/aromatic N) is 2. The quantitative estimate of drug-likeness (QED) is 0.520. The SMILES string of the molecule is N#Cc1ccc(C#Cc2cncc3cc(C=C4SC(=O)NC4=O)oc23)cc1. The molecule has 3 heterocycles. The number of furan rings is 1. The second-order valence-corrected chi connectivity index (χ2v) is 6.56. The number of fused-ring (bicyclic) bond motifs is 1. The van der Waals surface area contributed by atoms with Gasteiger partial charge in [-0.05, 0) is 42.1 Å². The molecule has 0 radical (unpaired) electrons. The maximum atomic E-state index is 11.7. The smallest absolute Gasteiger partial charge is 0.290 e. The molecule has 0 aliphatic carbocycles. The Labute approximate surface area is 157 Å². The van der Waals surface area contributed by atoms with Crippen LogP contribution in [0.1, 0.15) is 22.5 Å². The minimum Gasteiger partial charge on any atom is -0.455 e. The minimum absolute atomic E-state index is 0.275. The molecule has 2 amide bonds. The Kier molecular flexibility index (Phi) is 4.21. The largest absolute Gasteiger partial charge is 0.455 e. The average Bonchev–Trinajstić information content (AvgIpc) is 3.22. The van der Waals surface area contributed by atoms with Crippen LogP contribution in [0.15, 0.2) is 52.0 Å². The second kappa shape index (κ2) is 6.83. The highest BCUT2D eigenvalue weighted by molar-refractivity contribution is 8.18. The van der Waals surface area contributed by atoms with Crippen molar-refractivity contribution in [2.45, 2.75) is 0 Å². The van der Waals surface area contributed by atoms with Gasteiger partial charge in [-0.2, -0.15) is 5.26 Å². The monoisotopic (exact) mass is 371 g/mol. The van der Waals surface area contributed by atoms with Crippen LogP contribution in [0.3, 0.4) is 0 Å². The Hall–Kier alpha value is -3.81. The fourth-order valence-corrected chi connectivity index (χ4v) is 3.12. The van der Waals surface area contributed by atoms with Crippen LogP contribution < -0.4 is 5.32 Å². The molecule has 1 aliphatic rings. The van der Waals surface area contributed by atoms with Crippen LogP contribution in [0.4, 0.5) is 4.79 Å². The molecule has 0 unspecified atom stereocenters. The van der Waals surface area contributed by atoms with Crippen molar-refractivity contribution < 1.29 is 14.0 Å². The molecular weight excluding hydrogens is 362 g/mol. The molecule has 1 fully saturated rings. The van der Waals surface area contributed by atoms with Crippen molar-refractivity contribution in [3.63, 3.8) is 0 Å². The van der Waals surface area contributed by atoms with Gasteiger partial charge in [-0.3, -0.25) is 19.9 Å². The van der Waals surface area contributed by atoms with E-state index in [0.29, 0.717) is 22.5 Å². The summed E-state index contributed by atoms with van der Waals surface area (Å²) in [5, 5.41) is 11.4. The Morgan fingerprint density at radius 1 is 1.11 bits per heavy atom. The van der Waals surface area contributed by atoms with Crippen LogP contribution in [0.2, 0.25) is 0 Å². The summed E-state index contributed by atoms with van der Waals surface area (Å²) >= 11 is 0.828. The summed E-state index contributed by atoms with van der Waals surface area (Å²) in [6.45, 7) is 0. The van der Waals surface area contributed by atoms with E-state index in [0.717, 1.165) is 22.7 Å². The van der Waals surface area contributed by atoms with Gasteiger partial charge in [-0.25, -0.2) is 0 Å². The molecule has 1 aromatic carbocycles. The summed E-state index contributed by atoms with van der Waals surface area (Å²) < 4.78 is 5.80. The highest BCUT2D eigenvalue weighted by Crippen LogP contribution is 2.28. The zero-order chi connectivity index (χ0) is 18.8. The average molecular weight is 371 g/mol. The van der Waals surface area contributed by atoms with E-state index in [1.165, 1.54) is 6.08 Å². The van der Waals surface area contributed by atoms with Crippen molar-refractivity contribution in [3.05, 3.63) is 70.1 Å². The zero-order valence-corrected chi connectivity index (χ0v) is 14.5. The fraction of sp³-hybridized carbons (Fsp3) is 0. The molecule has 2 aromatic heterocycles. The van der Waals surface area contributed by atoms with Gasteiger partial charge in [0, 0.05) is 29.4 Å². The van der Waals surface area contributed by atoms with Gasteiger partial charge in [0.2, 0.25) is 0 Å². The van der Waals surface area contributed by atoms with Crippen LogP contribution in [0, 0.1) is 23.2 Å². The van der Waals surface area contributed by atoms with E-state index >= 15 is 0 Å². The van der Waals surface area contributed by atoms with Crippen LogP contribution in [0.5, 0.6) is 0 Å². The first kappa shape index (κ1) is 16.6. The first-order chi connectivity index (χ1) is 13.1. The number of carbonyl (C=O) groups is 2. The number of imide groups is 1. The van der Waals surface area contributed by atoms with Crippen molar-refractivity contribution in [2.75, 3.05) is 0 Å². The van der Waals surface area contributed by atoms with Crippen molar-refractivity contribution in [1.82, 2.24) is 10.3 Å². The number of amides is 2. The minimum atomic E-state index is -0.440. The van der Waals surface area contributed by atoms with Gasteiger partial charge in [0.1, 0.15) is 5.76 Å². The van der Waals surface area contributed by atoms with Crippen LogP contribution in [0.25, 0.3) is 17.0 Å². The van der Waals surface area contributed by atoms with Crippen molar-refractivity contribution >= 4 is 40.0 Å². The lowest BCUT2D eigenvalue weighted by atomic mass is 10.1. The number of hydrogen-bond donors (Lipinski definition) is 1. The lowest BCUT2D eigenvalue weighted by Crippen LogP contribution is -2.17. The molecular formula is C20H9N3O3S. The molecule has 1 saturated heterocycles. The number of carbonyl (C=O) groups excluding carboxylic acids is 2. The molecule has 0 bridgehead atoms. The van der Waals surface area contributed by atoms with Gasteiger partial charge in [0.15, 0.2) is 5.58 Å². The number of nitrogens with one attached hydrogen (secondary N) is 1. The predicted octanol–water partition coefficient (Wildman–Crippen LogP) is 3.42. The third kappa shape index (κ3) is 3.45. The van der Waals surface area contributed by atoms with Crippen molar-refractivity contribution in [3.8, 4) is 17.9 Å². The number of nitriles is 1. The first-order valence-electron chi connectivity index (χ1n) is 7.77. The number of hydrogen-bond acceptors (Lipinski definition) is 6. The standard InChI is InChI=1S/C20H9N3O3S/c21-9-13-3-1-12(2-4-13)5-6-14-10-22-11-15-7-16(26-18(14)15)8-17-19(24)23-20(25)27-17/h1-4,7-8,10-11H,(H,23,24,25). The van der Waals surface area contributed by atoms with Crippen molar-refractivity contribution in [2.24, 2.45) is 0 Å². The van der Waals surface area contributed by atoms with Crippen LogP contribution in [-0.4, -0.2) is 16.1 Å². The predicted molar refractivity (Wildman–Crippen MR) is 100 cm³/mol. The summed E-state index contributed by atoms with van der Waals surface area (Å²) in [7, 11) is 0. The highest BCUT2D eigenvalue weighted by Gasteiger charge is 2.25. The molecule has 128 valence electrons. The Morgan fingerprint density at radius 2 is 1.89 bits per heavy atom. The number of thioether (sulfide) groups is 1. The van der Waals surface area contributed by atoms with E-state index in [-0.39, 0.29) is 4.91 Å². The molecule has 0 saturated carbocycles. The van der Waals surface area contributed by atoms with Gasteiger partial charge in [-0.1, -0.05) is 11.8 Å². The topological polar surface area (TPSA) is 96.0 Å². The van der Waals surface area contributed by atoms with E-state index in [9.17, 15) is 9.59 Å². The first-order valence-corrected chi connectivity index (χ1v) is 8.58. The van der Waals surface area contributed by atoms with Gasteiger partial charge >= 0.3 is 0 Å². The number of rotatable bonds is 1. The molecule has 3 aromatic rings. The number of benzene rings is 1. The molecule has 0 atom stereocenters. The van der Waals surface area contributed by atoms with Gasteiger partial charge in [0.25, 0.3) is 11.1 Å². The van der Waals surface area contributed by atoms with Crippen LogP contribution in [-0.2, 0) is 4.79 Å². The van der Waals surface area contributed by atoms with E-state index in [1.54, 1.807) is 42.7 Å². The van der Waals surface area contributed by atoms with Gasteiger partial charge in [-0.15, -0.1) is 0 Å². The Morgan fingerprint density at radius 3 is 2.59 bits per heavy atom. The normalized spacial score (nSPS) is 14.7.